The van der Waals surface area contributed by atoms with Gasteiger partial charge in [0, 0.05) is 18.8 Å². The summed E-state index contributed by atoms with van der Waals surface area (Å²) < 4.78 is 1.98. The Morgan fingerprint density at radius 2 is 1.94 bits per heavy atom. The van der Waals surface area contributed by atoms with Gasteiger partial charge >= 0.3 is 0 Å². The molecule has 2 N–H and O–H groups in total. The van der Waals surface area contributed by atoms with Crippen LogP contribution in [0.15, 0.2) is 30.5 Å². The Hall–Kier alpha value is -1.61. The van der Waals surface area contributed by atoms with Crippen molar-refractivity contribution in [2.75, 3.05) is 0 Å². The van der Waals surface area contributed by atoms with Crippen LogP contribution in [0.2, 0.25) is 0 Å². The molecule has 0 unspecified atom stereocenters. The number of rotatable bonds is 3. The quantitative estimate of drug-likeness (QED) is 0.852. The van der Waals surface area contributed by atoms with Gasteiger partial charge in [-0.2, -0.15) is 0 Å². The average Bonchev–Trinajstić information content (AvgIpc) is 2.71. The molecular formula is C13H17N3. The summed E-state index contributed by atoms with van der Waals surface area (Å²) >= 11 is 0. The zero-order valence-corrected chi connectivity index (χ0v) is 9.77. The van der Waals surface area contributed by atoms with Crippen LogP contribution in [0.5, 0.6) is 0 Å². The fourth-order valence-electron chi connectivity index (χ4n) is 1.74. The van der Waals surface area contributed by atoms with Crippen molar-refractivity contribution in [3.05, 3.63) is 41.9 Å². The van der Waals surface area contributed by atoms with Crippen LogP contribution in [-0.2, 0) is 20.0 Å². The van der Waals surface area contributed by atoms with E-state index in [-0.39, 0.29) is 0 Å². The normalized spacial score (nSPS) is 10.7. The van der Waals surface area contributed by atoms with Gasteiger partial charge < -0.3 is 10.3 Å². The number of imidazole rings is 1. The van der Waals surface area contributed by atoms with E-state index in [4.69, 9.17) is 5.73 Å². The molecule has 3 heteroatoms. The van der Waals surface area contributed by atoms with E-state index in [2.05, 4.69) is 36.2 Å². The number of aryl methyl sites for hydroxylation is 2. The largest absolute Gasteiger partial charge is 0.336 e. The van der Waals surface area contributed by atoms with E-state index in [0.717, 1.165) is 23.5 Å². The molecule has 84 valence electrons. The van der Waals surface area contributed by atoms with E-state index in [1.165, 1.54) is 5.56 Å². The number of hydrogen-bond acceptors (Lipinski definition) is 2. The maximum atomic E-state index is 5.60. The van der Waals surface area contributed by atoms with E-state index in [1.807, 2.05) is 17.8 Å². The third-order valence-electron chi connectivity index (χ3n) is 2.81. The van der Waals surface area contributed by atoms with Crippen molar-refractivity contribution < 1.29 is 0 Å². The van der Waals surface area contributed by atoms with Crippen molar-refractivity contribution in [1.29, 1.82) is 0 Å². The molecule has 1 aromatic heterocycles. The minimum Gasteiger partial charge on any atom is -0.336 e. The summed E-state index contributed by atoms with van der Waals surface area (Å²) in [5.74, 6) is 0.912. The lowest BCUT2D eigenvalue weighted by molar-refractivity contribution is 0.794. The van der Waals surface area contributed by atoms with Gasteiger partial charge in [0.25, 0.3) is 0 Å². The maximum Gasteiger partial charge on any atom is 0.122 e. The molecule has 0 bridgehead atoms. The van der Waals surface area contributed by atoms with Crippen molar-refractivity contribution >= 4 is 0 Å². The Morgan fingerprint density at radius 3 is 2.44 bits per heavy atom. The van der Waals surface area contributed by atoms with Crippen molar-refractivity contribution in [2.24, 2.45) is 12.8 Å². The van der Waals surface area contributed by atoms with Crippen LogP contribution in [0.4, 0.5) is 0 Å². The molecule has 0 amide bonds. The molecule has 0 radical (unpaired) electrons. The van der Waals surface area contributed by atoms with Gasteiger partial charge in [0.05, 0.1) is 12.2 Å². The molecule has 2 rings (SSSR count). The van der Waals surface area contributed by atoms with Gasteiger partial charge in [0.2, 0.25) is 0 Å². The molecule has 0 aliphatic rings. The Balaban J connectivity index is 2.34. The molecule has 0 spiro atoms. The molecule has 1 heterocycles. The van der Waals surface area contributed by atoms with Crippen molar-refractivity contribution in [3.63, 3.8) is 0 Å². The first-order valence-corrected chi connectivity index (χ1v) is 5.56. The van der Waals surface area contributed by atoms with Crippen molar-refractivity contribution in [3.8, 4) is 11.3 Å². The zero-order valence-electron chi connectivity index (χ0n) is 9.77. The van der Waals surface area contributed by atoms with Gasteiger partial charge in [-0.05, 0) is 12.0 Å². The summed E-state index contributed by atoms with van der Waals surface area (Å²) in [6, 6.07) is 8.52. The molecule has 0 saturated carbocycles. The molecule has 0 saturated heterocycles. The van der Waals surface area contributed by atoms with Gasteiger partial charge in [-0.15, -0.1) is 0 Å². The number of hydrogen-bond donors (Lipinski definition) is 1. The highest BCUT2D eigenvalue weighted by Crippen LogP contribution is 2.18. The highest BCUT2D eigenvalue weighted by atomic mass is 15.1. The van der Waals surface area contributed by atoms with Crippen molar-refractivity contribution in [1.82, 2.24) is 9.55 Å². The molecule has 1 aromatic carbocycles. The van der Waals surface area contributed by atoms with Gasteiger partial charge in [-0.1, -0.05) is 31.2 Å². The lowest BCUT2D eigenvalue weighted by Crippen LogP contribution is -2.03. The summed E-state index contributed by atoms with van der Waals surface area (Å²) in [4.78, 5) is 4.49. The van der Waals surface area contributed by atoms with Gasteiger partial charge in [-0.3, -0.25) is 0 Å². The molecule has 0 aliphatic heterocycles. The van der Waals surface area contributed by atoms with Gasteiger partial charge in [0.1, 0.15) is 5.82 Å². The molecule has 2 aromatic rings. The van der Waals surface area contributed by atoms with E-state index in [9.17, 15) is 0 Å². The second-order valence-electron chi connectivity index (χ2n) is 3.91. The van der Waals surface area contributed by atoms with Crippen LogP contribution < -0.4 is 5.73 Å². The predicted molar refractivity (Wildman–Crippen MR) is 65.9 cm³/mol. The van der Waals surface area contributed by atoms with Crippen LogP contribution in [0.25, 0.3) is 11.3 Å². The Bertz CT molecular complexity index is 468. The number of benzene rings is 1. The van der Waals surface area contributed by atoms with Crippen LogP contribution >= 0.6 is 0 Å². The first-order valence-electron chi connectivity index (χ1n) is 5.56. The van der Waals surface area contributed by atoms with Crippen LogP contribution in [0, 0.1) is 0 Å². The number of nitrogens with zero attached hydrogens (tertiary/aromatic N) is 2. The first-order chi connectivity index (χ1) is 7.74. The van der Waals surface area contributed by atoms with E-state index in [0.29, 0.717) is 6.54 Å². The fourth-order valence-corrected chi connectivity index (χ4v) is 1.74. The molecular weight excluding hydrogens is 198 g/mol. The lowest BCUT2D eigenvalue weighted by atomic mass is 10.1. The minimum atomic E-state index is 0.476. The van der Waals surface area contributed by atoms with Crippen LogP contribution in [0.1, 0.15) is 18.3 Å². The maximum absolute atomic E-state index is 5.60. The monoisotopic (exact) mass is 215 g/mol. The SMILES string of the molecule is CCc1ccc(-c2cn(C)c(CN)n2)cc1. The Morgan fingerprint density at radius 1 is 1.25 bits per heavy atom. The molecule has 3 nitrogen and oxygen atoms in total. The predicted octanol–water partition coefficient (Wildman–Crippen LogP) is 2.11. The fraction of sp³-hybridized carbons (Fsp3) is 0.308. The van der Waals surface area contributed by atoms with E-state index in [1.54, 1.807) is 0 Å². The minimum absolute atomic E-state index is 0.476. The topological polar surface area (TPSA) is 43.8 Å². The summed E-state index contributed by atoms with van der Waals surface area (Å²) in [6.07, 6.45) is 3.08. The standard InChI is InChI=1S/C13H17N3/c1-3-10-4-6-11(7-5-10)12-9-16(2)13(8-14)15-12/h4-7,9H,3,8,14H2,1-2H3. The molecule has 0 aliphatic carbocycles. The molecule has 0 atom stereocenters. The molecule has 16 heavy (non-hydrogen) atoms. The lowest BCUT2D eigenvalue weighted by Gasteiger charge is -1.98. The second-order valence-corrected chi connectivity index (χ2v) is 3.91. The third-order valence-corrected chi connectivity index (χ3v) is 2.81. The van der Waals surface area contributed by atoms with Gasteiger partial charge in [0.15, 0.2) is 0 Å². The van der Waals surface area contributed by atoms with Crippen LogP contribution in [0.3, 0.4) is 0 Å². The summed E-state index contributed by atoms with van der Waals surface area (Å²) in [5.41, 5.74) is 9.09. The Kier molecular flexibility index (Phi) is 3.06. The number of nitrogens with two attached hydrogens (primary N) is 1. The Labute approximate surface area is 95.9 Å². The smallest absolute Gasteiger partial charge is 0.122 e. The highest BCUT2D eigenvalue weighted by molar-refractivity contribution is 5.59. The first kappa shape index (κ1) is 10.9. The van der Waals surface area contributed by atoms with Gasteiger partial charge in [-0.25, -0.2) is 4.98 Å². The zero-order chi connectivity index (χ0) is 11.5. The summed E-state index contributed by atoms with van der Waals surface area (Å²) in [7, 11) is 1.97. The average molecular weight is 215 g/mol. The highest BCUT2D eigenvalue weighted by Gasteiger charge is 2.05. The van der Waals surface area contributed by atoms with E-state index >= 15 is 0 Å². The van der Waals surface area contributed by atoms with Crippen molar-refractivity contribution in [2.45, 2.75) is 19.9 Å². The summed E-state index contributed by atoms with van der Waals surface area (Å²) in [6.45, 7) is 2.63. The molecule has 0 fully saturated rings. The van der Waals surface area contributed by atoms with Crippen LogP contribution in [-0.4, -0.2) is 9.55 Å². The summed E-state index contributed by atoms with van der Waals surface area (Å²) in [5, 5.41) is 0. The number of aromatic nitrogens is 2. The van der Waals surface area contributed by atoms with E-state index < -0.39 is 0 Å². The third kappa shape index (κ3) is 1.99. The second kappa shape index (κ2) is 4.49.